The summed E-state index contributed by atoms with van der Waals surface area (Å²) >= 11 is 0. The first-order chi connectivity index (χ1) is 31.7. The molecule has 300 valence electrons. The monoisotopic (exact) mass is 814 g/mol. The van der Waals surface area contributed by atoms with E-state index in [1.807, 2.05) is 12.1 Å². The second-order valence-electron chi connectivity index (χ2n) is 16.8. The van der Waals surface area contributed by atoms with Gasteiger partial charge in [0.05, 0.1) is 0 Å². The number of para-hydroxylation sites is 1. The fourth-order valence-corrected chi connectivity index (χ4v) is 9.77. The average molecular weight is 815 g/mol. The number of fused-ring (bicyclic) bond motifs is 5. The second-order valence-corrected chi connectivity index (χ2v) is 16.8. The van der Waals surface area contributed by atoms with Crippen LogP contribution in [0.2, 0.25) is 0 Å². The largest absolute Gasteiger partial charge is 0.456 e. The lowest BCUT2D eigenvalue weighted by atomic mass is 9.83. The van der Waals surface area contributed by atoms with Gasteiger partial charge in [0.2, 0.25) is 0 Å². The molecule has 0 N–H and O–H groups in total. The maximum absolute atomic E-state index is 6.15. The highest BCUT2D eigenvalue weighted by atomic mass is 16.3. The van der Waals surface area contributed by atoms with Gasteiger partial charge >= 0.3 is 0 Å². The Balaban J connectivity index is 0.903. The van der Waals surface area contributed by atoms with Gasteiger partial charge in [-0.3, -0.25) is 0 Å². The van der Waals surface area contributed by atoms with Crippen molar-refractivity contribution in [3.05, 3.63) is 265 Å². The van der Waals surface area contributed by atoms with Crippen molar-refractivity contribution in [2.75, 3.05) is 0 Å². The highest BCUT2D eigenvalue weighted by Crippen LogP contribution is 2.39. The van der Waals surface area contributed by atoms with Gasteiger partial charge < -0.3 is 4.42 Å². The minimum Gasteiger partial charge on any atom is -0.456 e. The van der Waals surface area contributed by atoms with Crippen LogP contribution in [0.1, 0.15) is 22.6 Å². The molecule has 0 aliphatic rings. The number of benzene rings is 11. The lowest BCUT2D eigenvalue weighted by molar-refractivity contribution is 0.669. The second kappa shape index (κ2) is 15.9. The van der Waals surface area contributed by atoms with Crippen LogP contribution in [0.5, 0.6) is 0 Å². The van der Waals surface area contributed by atoms with Crippen molar-refractivity contribution in [1.29, 1.82) is 0 Å². The molecule has 0 radical (unpaired) electrons. The van der Waals surface area contributed by atoms with E-state index in [-0.39, 0.29) is 5.92 Å². The van der Waals surface area contributed by atoms with Crippen molar-refractivity contribution in [3.63, 3.8) is 0 Å². The molecule has 1 heterocycles. The number of hydrogen-bond acceptors (Lipinski definition) is 1. The van der Waals surface area contributed by atoms with Crippen LogP contribution < -0.4 is 0 Å². The Bertz CT molecular complexity index is 3470. The van der Waals surface area contributed by atoms with Gasteiger partial charge in [-0.25, -0.2) is 0 Å². The van der Waals surface area contributed by atoms with Crippen molar-refractivity contribution < 1.29 is 4.42 Å². The molecule has 0 saturated heterocycles. The highest BCUT2D eigenvalue weighted by Gasteiger charge is 2.19. The van der Waals surface area contributed by atoms with E-state index in [1.165, 1.54) is 93.9 Å². The molecular formula is C63H42O. The third-order valence-corrected chi connectivity index (χ3v) is 13.0. The molecule has 1 heteroatoms. The quantitative estimate of drug-likeness (QED) is 0.139. The molecule has 0 spiro atoms. The first kappa shape index (κ1) is 37.5. The molecule has 12 rings (SSSR count). The van der Waals surface area contributed by atoms with Gasteiger partial charge in [0.1, 0.15) is 11.2 Å². The van der Waals surface area contributed by atoms with Crippen molar-refractivity contribution in [1.82, 2.24) is 0 Å². The molecule has 64 heavy (non-hydrogen) atoms. The molecule has 0 aliphatic heterocycles. The Morgan fingerprint density at radius 3 is 1.12 bits per heavy atom. The smallest absolute Gasteiger partial charge is 0.135 e. The van der Waals surface area contributed by atoms with E-state index in [2.05, 4.69) is 237 Å². The molecule has 11 aromatic carbocycles. The summed E-state index contributed by atoms with van der Waals surface area (Å²) in [5.41, 5.74) is 17.7. The summed E-state index contributed by atoms with van der Waals surface area (Å²) in [6.45, 7) is 0. The molecule has 0 saturated carbocycles. The Morgan fingerprint density at radius 2 is 0.609 bits per heavy atom. The van der Waals surface area contributed by atoms with Crippen LogP contribution in [0.25, 0.3) is 99.1 Å². The zero-order chi connectivity index (χ0) is 42.4. The molecule has 0 fully saturated rings. The van der Waals surface area contributed by atoms with Crippen LogP contribution in [-0.4, -0.2) is 0 Å². The number of hydrogen-bond donors (Lipinski definition) is 0. The molecule has 0 amide bonds. The van der Waals surface area contributed by atoms with Crippen molar-refractivity contribution in [2.45, 2.75) is 5.92 Å². The third kappa shape index (κ3) is 6.85. The average Bonchev–Trinajstić information content (AvgIpc) is 3.75. The summed E-state index contributed by atoms with van der Waals surface area (Å²) < 4.78 is 6.15. The van der Waals surface area contributed by atoms with Crippen LogP contribution in [0, 0.1) is 0 Å². The van der Waals surface area contributed by atoms with Gasteiger partial charge in [-0.1, -0.05) is 218 Å². The van der Waals surface area contributed by atoms with Gasteiger partial charge in [-0.05, 0) is 124 Å². The molecular weight excluding hydrogens is 773 g/mol. The van der Waals surface area contributed by atoms with Crippen molar-refractivity contribution in [2.24, 2.45) is 0 Å². The summed E-state index contributed by atoms with van der Waals surface area (Å²) in [5.74, 6) is 0.0292. The van der Waals surface area contributed by atoms with Crippen LogP contribution >= 0.6 is 0 Å². The van der Waals surface area contributed by atoms with E-state index in [1.54, 1.807) is 0 Å². The van der Waals surface area contributed by atoms with E-state index in [9.17, 15) is 0 Å². The summed E-state index contributed by atoms with van der Waals surface area (Å²) in [5, 5.41) is 7.33. The topological polar surface area (TPSA) is 13.1 Å². The van der Waals surface area contributed by atoms with E-state index in [4.69, 9.17) is 4.42 Å². The molecule has 0 unspecified atom stereocenters. The maximum atomic E-state index is 6.15. The van der Waals surface area contributed by atoms with E-state index < -0.39 is 0 Å². The van der Waals surface area contributed by atoms with Gasteiger partial charge in [0, 0.05) is 16.7 Å². The molecule has 1 nitrogen and oxygen atoms in total. The van der Waals surface area contributed by atoms with E-state index >= 15 is 0 Å². The molecule has 0 bridgehead atoms. The summed E-state index contributed by atoms with van der Waals surface area (Å²) in [4.78, 5) is 0. The zero-order valence-corrected chi connectivity index (χ0v) is 35.2. The van der Waals surface area contributed by atoms with E-state index in [0.29, 0.717) is 0 Å². The summed E-state index contributed by atoms with van der Waals surface area (Å²) in [6, 6.07) is 90.7. The highest BCUT2D eigenvalue weighted by molar-refractivity contribution is 6.06. The Labute approximate surface area is 373 Å². The Kier molecular flexibility index (Phi) is 9.31. The minimum atomic E-state index is 0.0292. The van der Waals surface area contributed by atoms with Crippen molar-refractivity contribution in [3.8, 4) is 55.6 Å². The summed E-state index contributed by atoms with van der Waals surface area (Å²) in [7, 11) is 0. The standard InChI is InChI=1S/C63H42O/c1-3-19-55-45(11-1)13-9-22-57(55)53-17-7-15-50(39-53)42-25-31-47(32-26-42)63(49-35-29-44(30-36-49)52-37-38-62-60(41-52)59-21-5-6-24-61(59)64-62)48-33-27-43(28-34-48)51-16-8-18-54(40-51)58-23-10-14-46-12-2-4-20-56(46)58/h1-41,63H. The van der Waals surface area contributed by atoms with Crippen LogP contribution in [-0.2, 0) is 0 Å². The van der Waals surface area contributed by atoms with Gasteiger partial charge in [0.15, 0.2) is 0 Å². The van der Waals surface area contributed by atoms with Crippen LogP contribution in [0.15, 0.2) is 253 Å². The molecule has 0 atom stereocenters. The Hall–Kier alpha value is -8.26. The van der Waals surface area contributed by atoms with Gasteiger partial charge in [0.25, 0.3) is 0 Å². The summed E-state index contributed by atoms with van der Waals surface area (Å²) in [6.07, 6.45) is 0. The molecule has 1 aromatic heterocycles. The maximum Gasteiger partial charge on any atom is 0.135 e. The number of furan rings is 1. The van der Waals surface area contributed by atoms with Crippen LogP contribution in [0.4, 0.5) is 0 Å². The third-order valence-electron chi connectivity index (χ3n) is 13.0. The lowest BCUT2D eigenvalue weighted by Crippen LogP contribution is -2.03. The first-order valence-corrected chi connectivity index (χ1v) is 22.1. The SMILES string of the molecule is c1cc(-c2ccc(C(c3ccc(-c4cccc(-c5cccc6ccccc56)c4)cc3)c3ccc(-c4ccc5oc6ccccc6c5c4)cc3)cc2)cc(-c2cccc3ccccc23)c1. The predicted molar refractivity (Wildman–Crippen MR) is 270 cm³/mol. The predicted octanol–water partition coefficient (Wildman–Crippen LogP) is 17.4. The first-order valence-electron chi connectivity index (χ1n) is 22.1. The number of rotatable bonds is 8. The Morgan fingerprint density at radius 1 is 0.234 bits per heavy atom. The van der Waals surface area contributed by atoms with Crippen LogP contribution in [0.3, 0.4) is 0 Å². The lowest BCUT2D eigenvalue weighted by Gasteiger charge is -2.20. The fraction of sp³-hybridized carbons (Fsp3) is 0.0159. The normalized spacial score (nSPS) is 11.6. The van der Waals surface area contributed by atoms with Crippen molar-refractivity contribution >= 4 is 43.5 Å². The zero-order valence-electron chi connectivity index (χ0n) is 35.2. The van der Waals surface area contributed by atoms with E-state index in [0.717, 1.165) is 21.9 Å². The van der Waals surface area contributed by atoms with Gasteiger partial charge in [-0.2, -0.15) is 0 Å². The fourth-order valence-electron chi connectivity index (χ4n) is 9.77. The minimum absolute atomic E-state index is 0.0292. The molecule has 12 aromatic rings. The van der Waals surface area contributed by atoms with Gasteiger partial charge in [-0.15, -0.1) is 0 Å². The molecule has 0 aliphatic carbocycles.